The number of halogens is 1. The van der Waals surface area contributed by atoms with E-state index < -0.39 is 17.1 Å². The number of hydrogen-bond donors (Lipinski definition) is 3. The van der Waals surface area contributed by atoms with Crippen LogP contribution in [-0.2, 0) is 9.59 Å². The number of carbonyl (C=O) groups excluding carboxylic acids is 3. The lowest BCUT2D eigenvalue weighted by Gasteiger charge is -2.18. The van der Waals surface area contributed by atoms with Gasteiger partial charge in [0.05, 0.1) is 5.69 Å². The molecule has 3 N–H and O–H groups in total. The van der Waals surface area contributed by atoms with E-state index in [9.17, 15) is 14.4 Å². The first-order valence-electron chi connectivity index (χ1n) is 15.8. The molecule has 6 nitrogen and oxygen atoms in total. The summed E-state index contributed by atoms with van der Waals surface area (Å²) in [6.45, 7) is 0. The number of amides is 3. The molecule has 1 atom stereocenters. The van der Waals surface area contributed by atoms with Crippen LogP contribution >= 0.6 is 27.7 Å². The quantitative estimate of drug-likeness (QED) is 0.0913. The van der Waals surface area contributed by atoms with E-state index in [0.29, 0.717) is 16.9 Å². The summed E-state index contributed by atoms with van der Waals surface area (Å²) >= 11 is 4.91. The number of para-hydroxylation sites is 1. The molecule has 6 rings (SSSR count). The topological polar surface area (TPSA) is 87.3 Å². The number of nitrogens with one attached hydrogen (secondary N) is 3. The Kier molecular flexibility index (Phi) is 11.4. The first-order chi connectivity index (χ1) is 24.4. The molecule has 0 radical (unpaired) electrons. The van der Waals surface area contributed by atoms with Crippen LogP contribution in [0, 0.1) is 0 Å². The second-order valence-corrected chi connectivity index (χ2v) is 13.3. The first-order valence-corrected chi connectivity index (χ1v) is 17.5. The van der Waals surface area contributed by atoms with Crippen molar-refractivity contribution in [1.82, 2.24) is 5.32 Å². The van der Waals surface area contributed by atoms with Gasteiger partial charge in [0.1, 0.15) is 10.9 Å². The molecule has 0 aliphatic rings. The van der Waals surface area contributed by atoms with Gasteiger partial charge in [-0.05, 0) is 92.8 Å². The maximum atomic E-state index is 13.7. The van der Waals surface area contributed by atoms with E-state index in [2.05, 4.69) is 31.9 Å². The van der Waals surface area contributed by atoms with Crippen LogP contribution in [0.2, 0.25) is 0 Å². The molecule has 0 bridgehead atoms. The van der Waals surface area contributed by atoms with Crippen molar-refractivity contribution in [2.24, 2.45) is 0 Å². The maximum Gasteiger partial charge on any atom is 0.272 e. The predicted molar refractivity (Wildman–Crippen MR) is 207 cm³/mol. The van der Waals surface area contributed by atoms with Crippen LogP contribution in [0.15, 0.2) is 179 Å². The highest BCUT2D eigenvalue weighted by Crippen LogP contribution is 2.37. The van der Waals surface area contributed by atoms with Crippen molar-refractivity contribution < 1.29 is 14.4 Å². The van der Waals surface area contributed by atoms with Crippen molar-refractivity contribution in [3.05, 3.63) is 191 Å². The zero-order chi connectivity index (χ0) is 34.7. The Labute approximate surface area is 303 Å². The molecule has 0 saturated carbocycles. The molecular formula is C42H32BrN3O3S. The molecule has 0 spiro atoms. The fourth-order valence-electron chi connectivity index (χ4n) is 5.12. The normalized spacial score (nSPS) is 11.7. The Morgan fingerprint density at radius 2 is 1.18 bits per heavy atom. The summed E-state index contributed by atoms with van der Waals surface area (Å²) in [5, 5.41) is 8.22. The molecule has 6 aromatic carbocycles. The van der Waals surface area contributed by atoms with Gasteiger partial charge in [-0.15, -0.1) is 11.8 Å². The number of carbonyl (C=O) groups is 3. The van der Waals surface area contributed by atoms with E-state index >= 15 is 0 Å². The van der Waals surface area contributed by atoms with Gasteiger partial charge < -0.3 is 16.0 Å². The Bertz CT molecular complexity index is 2110. The number of anilines is 2. The van der Waals surface area contributed by atoms with Crippen LogP contribution in [0.5, 0.6) is 0 Å². The molecule has 0 aliphatic heterocycles. The molecule has 6 aromatic rings. The smallest absolute Gasteiger partial charge is 0.272 e. The molecule has 50 heavy (non-hydrogen) atoms. The van der Waals surface area contributed by atoms with Gasteiger partial charge in [0, 0.05) is 20.6 Å². The number of benzene rings is 6. The summed E-state index contributed by atoms with van der Waals surface area (Å²) in [5.74, 6) is -1.03. The third kappa shape index (κ3) is 9.05. The fraction of sp³-hybridized carbons (Fsp3) is 0.0238. The average Bonchev–Trinajstić information content (AvgIpc) is 3.16. The minimum absolute atomic E-state index is 0.0950. The minimum atomic E-state index is -0.528. The molecule has 1 unspecified atom stereocenters. The average molecular weight is 739 g/mol. The van der Waals surface area contributed by atoms with E-state index in [1.807, 2.05) is 127 Å². The summed E-state index contributed by atoms with van der Waals surface area (Å²) in [4.78, 5) is 41.2. The third-order valence-electron chi connectivity index (χ3n) is 7.70. The van der Waals surface area contributed by atoms with Crippen molar-refractivity contribution >= 4 is 62.9 Å². The highest BCUT2D eigenvalue weighted by Gasteiger charge is 2.23. The monoisotopic (exact) mass is 737 g/mol. The number of rotatable bonds is 11. The Morgan fingerprint density at radius 1 is 0.600 bits per heavy atom. The SMILES string of the molecule is O=C(Nc1ccc(SC(C(=O)Nc2ccccc2Br)c2ccccc2)cc1)/C(=C/c1ccc(-c2ccccc2)cc1)NC(=O)c1ccccc1. The first kappa shape index (κ1) is 34.2. The van der Waals surface area contributed by atoms with Crippen molar-refractivity contribution in [1.29, 1.82) is 0 Å². The van der Waals surface area contributed by atoms with E-state index in [-0.39, 0.29) is 11.6 Å². The predicted octanol–water partition coefficient (Wildman–Crippen LogP) is 10.00. The molecule has 8 heteroatoms. The van der Waals surface area contributed by atoms with Crippen LogP contribution in [0.4, 0.5) is 11.4 Å². The molecule has 0 aliphatic carbocycles. The highest BCUT2D eigenvalue weighted by atomic mass is 79.9. The van der Waals surface area contributed by atoms with Crippen LogP contribution in [0.25, 0.3) is 17.2 Å². The lowest BCUT2D eigenvalue weighted by Crippen LogP contribution is -2.30. The summed E-state index contributed by atoms with van der Waals surface area (Å²) < 4.78 is 0.794. The second kappa shape index (κ2) is 16.6. The van der Waals surface area contributed by atoms with Crippen molar-refractivity contribution in [3.63, 3.8) is 0 Å². The highest BCUT2D eigenvalue weighted by molar-refractivity contribution is 9.10. The zero-order valence-electron chi connectivity index (χ0n) is 26.8. The molecule has 0 saturated heterocycles. The van der Waals surface area contributed by atoms with Crippen LogP contribution < -0.4 is 16.0 Å². The summed E-state index contributed by atoms with van der Waals surface area (Å²) in [5.41, 5.74) is 5.49. The molecule has 0 heterocycles. The van der Waals surface area contributed by atoms with Gasteiger partial charge in [0.25, 0.3) is 11.8 Å². The van der Waals surface area contributed by atoms with Crippen LogP contribution in [0.1, 0.15) is 26.7 Å². The van der Waals surface area contributed by atoms with Gasteiger partial charge in [0.2, 0.25) is 5.91 Å². The largest absolute Gasteiger partial charge is 0.324 e. The van der Waals surface area contributed by atoms with Gasteiger partial charge in [-0.2, -0.15) is 0 Å². The lowest BCUT2D eigenvalue weighted by molar-refractivity contribution is -0.116. The van der Waals surface area contributed by atoms with E-state index in [1.165, 1.54) is 11.8 Å². The van der Waals surface area contributed by atoms with Gasteiger partial charge in [-0.3, -0.25) is 14.4 Å². The summed E-state index contributed by atoms with van der Waals surface area (Å²) in [7, 11) is 0. The Morgan fingerprint density at radius 3 is 1.84 bits per heavy atom. The minimum Gasteiger partial charge on any atom is -0.324 e. The van der Waals surface area contributed by atoms with E-state index in [0.717, 1.165) is 31.6 Å². The second-order valence-electron chi connectivity index (χ2n) is 11.2. The van der Waals surface area contributed by atoms with Crippen molar-refractivity contribution in [2.45, 2.75) is 10.1 Å². The van der Waals surface area contributed by atoms with Crippen LogP contribution in [0.3, 0.4) is 0 Å². The Hall–Kier alpha value is -5.70. The molecule has 0 fully saturated rings. The zero-order valence-corrected chi connectivity index (χ0v) is 29.2. The standard InChI is InChI=1S/C42H32BrN3O3S/c43-36-18-10-11-19-37(36)45-42(49)39(32-14-6-2-7-15-32)50-35-26-24-34(25-27-35)44-41(48)38(46-40(47)33-16-8-3-9-17-33)28-29-20-22-31(23-21-29)30-12-4-1-5-13-30/h1-28,39H,(H,44,48)(H,45,49)(H,46,47)/b38-28-. The fourth-order valence-corrected chi connectivity index (χ4v) is 6.53. The van der Waals surface area contributed by atoms with Gasteiger partial charge in [-0.1, -0.05) is 115 Å². The lowest BCUT2D eigenvalue weighted by atomic mass is 10.0. The van der Waals surface area contributed by atoms with Gasteiger partial charge in [-0.25, -0.2) is 0 Å². The van der Waals surface area contributed by atoms with E-state index in [1.54, 1.807) is 42.5 Å². The van der Waals surface area contributed by atoms with Gasteiger partial charge >= 0.3 is 0 Å². The summed E-state index contributed by atoms with van der Waals surface area (Å²) in [6, 6.07) is 50.9. The van der Waals surface area contributed by atoms with Crippen LogP contribution in [-0.4, -0.2) is 17.7 Å². The third-order valence-corrected chi connectivity index (χ3v) is 9.65. The van der Waals surface area contributed by atoms with Gasteiger partial charge in [0.15, 0.2) is 0 Å². The Balaban J connectivity index is 1.20. The number of hydrogen-bond acceptors (Lipinski definition) is 4. The van der Waals surface area contributed by atoms with E-state index in [4.69, 9.17) is 0 Å². The molecule has 0 aromatic heterocycles. The van der Waals surface area contributed by atoms with Crippen molar-refractivity contribution in [3.8, 4) is 11.1 Å². The van der Waals surface area contributed by atoms with Crippen molar-refractivity contribution in [2.75, 3.05) is 10.6 Å². The number of thioether (sulfide) groups is 1. The summed E-state index contributed by atoms with van der Waals surface area (Å²) in [6.07, 6.45) is 1.66. The maximum absolute atomic E-state index is 13.7. The molecular weight excluding hydrogens is 706 g/mol. The molecule has 246 valence electrons. The molecule has 3 amide bonds.